The Morgan fingerprint density at radius 1 is 0.721 bits per heavy atom. The molecular weight excluding hydrogens is 689 g/mol. The second-order valence-electron chi connectivity index (χ2n) is 12.3. The molecule has 0 amide bonds. The molecule has 220 valence electrons. The number of fused-ring (bicyclic) bond motifs is 3. The minimum atomic E-state index is -2.89. The van der Waals surface area contributed by atoms with E-state index < -0.39 is 21.3 Å². The van der Waals surface area contributed by atoms with E-state index >= 15 is 0 Å². The Morgan fingerprint density at radius 2 is 1.23 bits per heavy atom. The summed E-state index contributed by atoms with van der Waals surface area (Å²) in [4.78, 5) is 0. The molecule has 0 aromatic heterocycles. The molecule has 0 saturated heterocycles. The first-order valence-electron chi connectivity index (χ1n) is 14.6. The topological polar surface area (TPSA) is 0 Å². The molecule has 0 saturated carbocycles. The Labute approximate surface area is 287 Å². The third kappa shape index (κ3) is 6.78. The molecule has 6 rings (SSSR count). The van der Waals surface area contributed by atoms with E-state index in [1.807, 2.05) is 12.1 Å². The van der Waals surface area contributed by atoms with E-state index in [2.05, 4.69) is 125 Å². The molecule has 0 bridgehead atoms. The van der Waals surface area contributed by atoms with Crippen molar-refractivity contribution in [3.05, 3.63) is 150 Å². The second kappa shape index (κ2) is 14.1. The summed E-state index contributed by atoms with van der Waals surface area (Å²) in [6, 6.07) is 35.3. The largest absolute Gasteiger partial charge is 1.00 e. The maximum absolute atomic E-state index is 6.71. The summed E-state index contributed by atoms with van der Waals surface area (Å²) >= 11 is 10.5. The average molecular weight is 726 g/mol. The van der Waals surface area contributed by atoms with Gasteiger partial charge in [0.2, 0.25) is 0 Å². The van der Waals surface area contributed by atoms with Gasteiger partial charge in [0, 0.05) is 0 Å². The average Bonchev–Trinajstić information content (AvgIpc) is 3.52. The smallest absolute Gasteiger partial charge is 1.00 e. The van der Waals surface area contributed by atoms with Gasteiger partial charge in [0.15, 0.2) is 0 Å². The number of hydrogen-bond donors (Lipinski definition) is 0. The summed E-state index contributed by atoms with van der Waals surface area (Å²) in [5, 5.41) is 1.55. The third-order valence-corrected chi connectivity index (χ3v) is 17.4. The van der Waals surface area contributed by atoms with Crippen molar-refractivity contribution in [2.24, 2.45) is 11.3 Å². The zero-order valence-corrected chi connectivity index (χ0v) is 30.5. The fourth-order valence-electron chi connectivity index (χ4n) is 6.61. The van der Waals surface area contributed by atoms with E-state index in [4.69, 9.17) is 23.2 Å². The van der Waals surface area contributed by atoms with Crippen LogP contribution in [0.15, 0.2) is 118 Å². The van der Waals surface area contributed by atoms with Crippen LogP contribution in [0.2, 0.25) is 10.0 Å². The summed E-state index contributed by atoms with van der Waals surface area (Å²) in [7, 11) is 0. The molecule has 1 atom stereocenters. The maximum Gasteiger partial charge on any atom is -1.00 e. The van der Waals surface area contributed by atoms with Gasteiger partial charge in [0.25, 0.3) is 0 Å². The van der Waals surface area contributed by atoms with Gasteiger partial charge in [-0.25, -0.2) is 0 Å². The Balaban J connectivity index is 0.00000212. The molecule has 0 N–H and O–H groups in total. The Hall–Kier alpha value is -1.73. The minimum Gasteiger partial charge on any atom is -1.00 e. The van der Waals surface area contributed by atoms with Crippen LogP contribution in [-0.2, 0) is 21.3 Å². The molecule has 43 heavy (non-hydrogen) atoms. The minimum absolute atomic E-state index is 0. The quantitative estimate of drug-likeness (QED) is 0.255. The molecule has 0 nitrogen and oxygen atoms in total. The van der Waals surface area contributed by atoms with Gasteiger partial charge in [-0.1, -0.05) is 0 Å². The van der Waals surface area contributed by atoms with Crippen LogP contribution in [0.3, 0.4) is 0 Å². The van der Waals surface area contributed by atoms with Gasteiger partial charge in [-0.3, -0.25) is 0 Å². The molecule has 5 heteroatoms. The predicted molar refractivity (Wildman–Crippen MR) is 174 cm³/mol. The van der Waals surface area contributed by atoms with Gasteiger partial charge in [0.05, 0.1) is 0 Å². The van der Waals surface area contributed by atoms with Gasteiger partial charge in [-0.2, -0.15) is 0 Å². The van der Waals surface area contributed by atoms with Crippen LogP contribution >= 0.6 is 23.2 Å². The van der Waals surface area contributed by atoms with Crippen LogP contribution < -0.4 is 24.8 Å². The normalized spacial score (nSPS) is 15.2. The molecule has 4 aromatic rings. The molecule has 0 aliphatic heterocycles. The first kappa shape index (κ1) is 34.2. The van der Waals surface area contributed by atoms with Crippen molar-refractivity contribution in [3.8, 4) is 11.1 Å². The summed E-state index contributed by atoms with van der Waals surface area (Å²) in [6.45, 7) is 9.37. The molecule has 0 radical (unpaired) electrons. The number of rotatable bonds is 6. The summed E-state index contributed by atoms with van der Waals surface area (Å²) in [5.41, 5.74) is 9.76. The number of hydrogen-bond acceptors (Lipinski definition) is 0. The first-order valence-corrected chi connectivity index (χ1v) is 19.3. The second-order valence-corrected chi connectivity index (χ2v) is 19.3. The number of benzene rings is 4. The number of halogens is 4. The molecule has 2 aliphatic carbocycles. The zero-order valence-electron chi connectivity index (χ0n) is 25.0. The van der Waals surface area contributed by atoms with Crippen molar-refractivity contribution >= 4 is 26.4 Å². The van der Waals surface area contributed by atoms with Gasteiger partial charge >= 0.3 is 265 Å². The van der Waals surface area contributed by atoms with E-state index in [9.17, 15) is 0 Å². The summed E-state index contributed by atoms with van der Waals surface area (Å²) in [5.74, 6) is 0.455. The van der Waals surface area contributed by atoms with Crippen LogP contribution in [0.5, 0.6) is 0 Å². The van der Waals surface area contributed by atoms with Gasteiger partial charge < -0.3 is 24.8 Å². The summed E-state index contributed by atoms with van der Waals surface area (Å²) in [6.07, 6.45) is 7.55. The Kier molecular flexibility index (Phi) is 11.2. The molecule has 1 unspecified atom stereocenters. The third-order valence-electron chi connectivity index (χ3n) is 8.49. The maximum atomic E-state index is 6.71. The fraction of sp³-hybridized carbons (Fsp3) is 0.237. The molecule has 0 spiro atoms. The predicted octanol–water partition coefficient (Wildman–Crippen LogP) is 5.24. The molecule has 0 fully saturated rings. The Morgan fingerprint density at radius 3 is 1.70 bits per heavy atom. The van der Waals surface area contributed by atoms with Crippen molar-refractivity contribution in [2.75, 3.05) is 0 Å². The van der Waals surface area contributed by atoms with Crippen molar-refractivity contribution in [3.63, 3.8) is 0 Å². The molecule has 0 heterocycles. The zero-order chi connectivity index (χ0) is 28.7. The van der Waals surface area contributed by atoms with Gasteiger partial charge in [-0.05, 0) is 0 Å². The van der Waals surface area contributed by atoms with E-state index in [0.29, 0.717) is 9.54 Å². The molecule has 2 aliphatic rings. The van der Waals surface area contributed by atoms with Crippen LogP contribution in [0.1, 0.15) is 66.4 Å². The van der Waals surface area contributed by atoms with E-state index in [0.717, 1.165) is 16.5 Å². The first-order chi connectivity index (χ1) is 19.8. The van der Waals surface area contributed by atoms with Crippen LogP contribution in [0.25, 0.3) is 11.1 Å². The van der Waals surface area contributed by atoms with Gasteiger partial charge in [-0.15, -0.1) is 0 Å². The number of allylic oxidation sites excluding steroid dienone is 4. The van der Waals surface area contributed by atoms with Crippen LogP contribution in [0.4, 0.5) is 0 Å². The Bertz CT molecular complexity index is 1630. The van der Waals surface area contributed by atoms with Crippen molar-refractivity contribution in [1.29, 1.82) is 0 Å². The molecule has 4 aromatic carbocycles. The standard InChI is InChI=1S/C13H8Cl2.C13H9.C12H19.2ClH.Zr/c14-12-5-1-3-10(8-12)7-11-4-2-6-13(15)9-11;1-3-7-12-10(5-1)9-11-6-2-4-8-13(11)12;1-5-6-10-7-8-11(9-10)12(2,3)4;;;/h1-6,8-9H;1-9H;8-10H,5-6H2,1-4H3;2*1H;/q;;;;;+2/p-2. The van der Waals surface area contributed by atoms with Crippen LogP contribution in [0, 0.1) is 11.3 Å². The molecular formula is C38H36Cl4Zr. The van der Waals surface area contributed by atoms with Crippen molar-refractivity contribution in [2.45, 2.75) is 44.2 Å². The van der Waals surface area contributed by atoms with E-state index in [1.165, 1.54) is 48.6 Å². The summed E-state index contributed by atoms with van der Waals surface area (Å²) < 4.78 is 3.52. The van der Waals surface area contributed by atoms with E-state index in [1.54, 1.807) is 3.28 Å². The van der Waals surface area contributed by atoms with Crippen LogP contribution in [-0.4, -0.2) is 3.21 Å². The SMILES string of the molecule is CCCC1C=C(C(C)(C)C)C=[C]1[Zr+2](=[C](c1cccc(Cl)c1)c1cccc(Cl)c1)[CH]1c2ccccc2-c2ccccc21.[Cl-].[Cl-]. The van der Waals surface area contributed by atoms with Crippen molar-refractivity contribution < 1.29 is 46.1 Å². The monoisotopic (exact) mass is 722 g/mol. The van der Waals surface area contributed by atoms with Gasteiger partial charge in [0.1, 0.15) is 0 Å². The fourth-order valence-corrected chi connectivity index (χ4v) is 16.6. The van der Waals surface area contributed by atoms with Crippen molar-refractivity contribution in [1.82, 2.24) is 0 Å². The van der Waals surface area contributed by atoms with E-state index in [-0.39, 0.29) is 30.2 Å².